The van der Waals surface area contributed by atoms with Crippen molar-refractivity contribution in [3.05, 3.63) is 10.4 Å². The largest absolute Gasteiger partial charge is 0.480 e. The van der Waals surface area contributed by atoms with Crippen LogP contribution in [0.4, 0.5) is 0 Å². The fourth-order valence-corrected chi connectivity index (χ4v) is 3.04. The van der Waals surface area contributed by atoms with Crippen molar-refractivity contribution in [2.75, 3.05) is 13.1 Å². The fourth-order valence-electron chi connectivity index (χ4n) is 3.04. The molecule has 0 aromatic heterocycles. The molecule has 1 fully saturated rings. The van der Waals surface area contributed by atoms with Gasteiger partial charge in [0.15, 0.2) is 0 Å². The monoisotopic (exact) mass is 254 g/mol. The number of carboxylic acid groups (broad SMARTS) is 1. The Hall–Kier alpha value is -1.26. The van der Waals surface area contributed by atoms with Crippen molar-refractivity contribution in [1.82, 2.24) is 5.32 Å². The van der Waals surface area contributed by atoms with Crippen molar-refractivity contribution >= 4 is 5.97 Å². The molecule has 0 aromatic carbocycles. The number of nitrogens with zero attached hydrogens (tertiary/aromatic N) is 3. The average Bonchev–Trinajstić information content (AvgIpc) is 2.34. The van der Waals surface area contributed by atoms with E-state index in [-0.39, 0.29) is 12.5 Å². The zero-order valence-corrected chi connectivity index (χ0v) is 11.1. The first-order valence-electron chi connectivity index (χ1n) is 6.54. The topological polar surface area (TPSA) is 98.1 Å². The molecule has 102 valence electrons. The number of carboxylic acids is 1. The molecule has 2 N–H and O–H groups in total. The molecule has 1 aliphatic carbocycles. The maximum Gasteiger partial charge on any atom is 0.324 e. The van der Waals surface area contributed by atoms with Gasteiger partial charge in [-0.3, -0.25) is 4.79 Å². The standard InChI is InChI=1S/C12H22N4O2/c1-9(2)10-5-3-4-6-12(10,11(17)18)14-7-8-15-16-13/h9-10,14H,3-8H2,1-2H3,(H,17,18). The van der Waals surface area contributed by atoms with Gasteiger partial charge in [-0.25, -0.2) is 0 Å². The van der Waals surface area contributed by atoms with Crippen molar-refractivity contribution in [2.24, 2.45) is 17.0 Å². The number of azide groups is 1. The molecule has 1 aliphatic rings. The second-order valence-corrected chi connectivity index (χ2v) is 5.25. The van der Waals surface area contributed by atoms with Gasteiger partial charge in [-0.1, -0.05) is 31.8 Å². The molecule has 0 radical (unpaired) electrons. The predicted octanol–water partition coefficient (Wildman–Crippen LogP) is 2.56. The average molecular weight is 254 g/mol. The van der Waals surface area contributed by atoms with Crippen molar-refractivity contribution in [2.45, 2.75) is 45.1 Å². The smallest absolute Gasteiger partial charge is 0.324 e. The lowest BCUT2D eigenvalue weighted by Gasteiger charge is -2.43. The molecular formula is C12H22N4O2. The number of aliphatic carboxylic acids is 1. The number of carbonyl (C=O) groups is 1. The Balaban J connectivity index is 2.81. The highest BCUT2D eigenvalue weighted by molar-refractivity contribution is 5.79. The van der Waals surface area contributed by atoms with Crippen LogP contribution in [0.25, 0.3) is 10.4 Å². The number of rotatable bonds is 6. The van der Waals surface area contributed by atoms with E-state index < -0.39 is 11.5 Å². The van der Waals surface area contributed by atoms with Crippen molar-refractivity contribution < 1.29 is 9.90 Å². The van der Waals surface area contributed by atoms with Crippen LogP contribution in [0.5, 0.6) is 0 Å². The van der Waals surface area contributed by atoms with Crippen LogP contribution in [0.15, 0.2) is 5.11 Å². The summed E-state index contributed by atoms with van der Waals surface area (Å²) in [5.41, 5.74) is 7.38. The van der Waals surface area contributed by atoms with E-state index in [0.717, 1.165) is 19.3 Å². The zero-order chi connectivity index (χ0) is 13.6. The zero-order valence-electron chi connectivity index (χ0n) is 11.1. The Bertz CT molecular complexity index is 339. The minimum atomic E-state index is -0.850. The molecule has 18 heavy (non-hydrogen) atoms. The number of hydrogen-bond donors (Lipinski definition) is 2. The highest BCUT2D eigenvalue weighted by atomic mass is 16.4. The van der Waals surface area contributed by atoms with Crippen molar-refractivity contribution in [1.29, 1.82) is 0 Å². The highest BCUT2D eigenvalue weighted by Gasteiger charge is 2.47. The van der Waals surface area contributed by atoms with E-state index in [1.807, 2.05) is 0 Å². The van der Waals surface area contributed by atoms with Crippen LogP contribution in [-0.4, -0.2) is 29.7 Å². The Morgan fingerprint density at radius 2 is 2.33 bits per heavy atom. The van der Waals surface area contributed by atoms with E-state index in [0.29, 0.717) is 18.9 Å². The van der Waals surface area contributed by atoms with Gasteiger partial charge < -0.3 is 10.4 Å². The summed E-state index contributed by atoms with van der Waals surface area (Å²) in [5, 5.41) is 16.2. The molecule has 0 spiro atoms. The molecule has 1 rings (SSSR count). The molecule has 0 amide bonds. The Morgan fingerprint density at radius 3 is 2.89 bits per heavy atom. The number of nitrogens with one attached hydrogen (secondary N) is 1. The second kappa shape index (κ2) is 6.61. The quantitative estimate of drug-likeness (QED) is 0.330. The number of hydrogen-bond acceptors (Lipinski definition) is 3. The Labute approximate surface area is 107 Å². The molecule has 6 heteroatoms. The molecule has 1 saturated carbocycles. The van der Waals surface area contributed by atoms with Crippen molar-refractivity contribution in [3.63, 3.8) is 0 Å². The maximum atomic E-state index is 11.7. The van der Waals surface area contributed by atoms with Crippen LogP contribution in [-0.2, 0) is 4.79 Å². The summed E-state index contributed by atoms with van der Waals surface area (Å²) < 4.78 is 0. The van der Waals surface area contributed by atoms with Gasteiger partial charge in [0, 0.05) is 18.0 Å². The first kappa shape index (κ1) is 14.8. The summed E-state index contributed by atoms with van der Waals surface area (Å²) in [4.78, 5) is 14.4. The summed E-state index contributed by atoms with van der Waals surface area (Å²) >= 11 is 0. The van der Waals surface area contributed by atoms with Gasteiger partial charge in [0.1, 0.15) is 5.54 Å². The van der Waals surface area contributed by atoms with Gasteiger partial charge in [0.05, 0.1) is 0 Å². The van der Waals surface area contributed by atoms with Crippen LogP contribution in [0.2, 0.25) is 0 Å². The van der Waals surface area contributed by atoms with Gasteiger partial charge in [0.2, 0.25) is 0 Å². The SMILES string of the molecule is CC(C)C1CCCCC1(NCCN=[N+]=[N-])C(=O)O. The highest BCUT2D eigenvalue weighted by Crippen LogP contribution is 2.38. The van der Waals surface area contributed by atoms with Gasteiger partial charge in [-0.15, -0.1) is 0 Å². The second-order valence-electron chi connectivity index (χ2n) is 5.25. The predicted molar refractivity (Wildman–Crippen MR) is 69.2 cm³/mol. The van der Waals surface area contributed by atoms with Crippen molar-refractivity contribution in [3.8, 4) is 0 Å². The van der Waals surface area contributed by atoms with Crippen LogP contribution >= 0.6 is 0 Å². The minimum absolute atomic E-state index is 0.134. The van der Waals surface area contributed by atoms with E-state index in [1.54, 1.807) is 0 Å². The molecule has 0 saturated heterocycles. The van der Waals surface area contributed by atoms with Gasteiger partial charge in [0.25, 0.3) is 0 Å². The summed E-state index contributed by atoms with van der Waals surface area (Å²) in [7, 11) is 0. The first-order chi connectivity index (χ1) is 8.54. The van der Waals surface area contributed by atoms with Crippen LogP contribution in [0.1, 0.15) is 39.5 Å². The van der Waals surface area contributed by atoms with Crippen LogP contribution in [0, 0.1) is 11.8 Å². The van der Waals surface area contributed by atoms with Gasteiger partial charge >= 0.3 is 5.97 Å². The third-order valence-corrected chi connectivity index (χ3v) is 3.87. The summed E-state index contributed by atoms with van der Waals surface area (Å²) in [6, 6.07) is 0. The summed E-state index contributed by atoms with van der Waals surface area (Å²) in [5.74, 6) is -0.315. The third-order valence-electron chi connectivity index (χ3n) is 3.87. The molecule has 2 unspecified atom stereocenters. The molecule has 0 aromatic rings. The van der Waals surface area contributed by atoms with E-state index in [9.17, 15) is 9.90 Å². The molecule has 2 atom stereocenters. The van der Waals surface area contributed by atoms with Crippen LogP contribution in [0.3, 0.4) is 0 Å². The van der Waals surface area contributed by atoms with E-state index >= 15 is 0 Å². The molecule has 0 bridgehead atoms. The van der Waals surface area contributed by atoms with Gasteiger partial charge in [-0.05, 0) is 30.2 Å². The Kier molecular flexibility index (Phi) is 5.44. The lowest BCUT2D eigenvalue weighted by molar-refractivity contribution is -0.150. The first-order valence-corrected chi connectivity index (χ1v) is 6.54. The molecule has 0 heterocycles. The molecule has 6 nitrogen and oxygen atoms in total. The maximum absolute atomic E-state index is 11.7. The minimum Gasteiger partial charge on any atom is -0.480 e. The summed E-state index contributed by atoms with van der Waals surface area (Å²) in [6.45, 7) is 4.85. The van der Waals surface area contributed by atoms with E-state index in [2.05, 4.69) is 29.2 Å². The Morgan fingerprint density at radius 1 is 1.61 bits per heavy atom. The fraction of sp³-hybridized carbons (Fsp3) is 0.917. The van der Waals surface area contributed by atoms with E-state index in [1.165, 1.54) is 0 Å². The van der Waals surface area contributed by atoms with Gasteiger partial charge in [-0.2, -0.15) is 0 Å². The van der Waals surface area contributed by atoms with Crippen LogP contribution < -0.4 is 5.32 Å². The lowest BCUT2D eigenvalue weighted by Crippen LogP contribution is -2.60. The lowest BCUT2D eigenvalue weighted by atomic mass is 9.68. The summed E-state index contributed by atoms with van der Waals surface area (Å²) in [6.07, 6.45) is 3.62. The third kappa shape index (κ3) is 3.15. The van der Waals surface area contributed by atoms with E-state index in [4.69, 9.17) is 5.53 Å². The molecule has 0 aliphatic heterocycles. The normalized spacial score (nSPS) is 27.8. The molecular weight excluding hydrogens is 232 g/mol.